The van der Waals surface area contributed by atoms with Crippen LogP contribution < -0.4 is 0 Å². The van der Waals surface area contributed by atoms with Gasteiger partial charge in [-0.25, -0.2) is 0 Å². The van der Waals surface area contributed by atoms with Gasteiger partial charge in [0.2, 0.25) is 0 Å². The molecule has 0 radical (unpaired) electrons. The molecule has 5 rings (SSSR count). The van der Waals surface area contributed by atoms with E-state index in [-0.39, 0.29) is 0 Å². The van der Waals surface area contributed by atoms with Crippen LogP contribution in [0.25, 0.3) is 0 Å². The second kappa shape index (κ2) is 4.26. The van der Waals surface area contributed by atoms with E-state index in [2.05, 4.69) is 13.8 Å². The fourth-order valence-electron chi connectivity index (χ4n) is 4.33. The number of ether oxygens (including phenoxy) is 1. The fourth-order valence-corrected chi connectivity index (χ4v) is 5.78. The molecule has 1 heterocycles. The fraction of sp³-hybridized carbons (Fsp3) is 0.647. The maximum atomic E-state index is 8.70. The van der Waals surface area contributed by atoms with Crippen LogP contribution in [0.2, 0.25) is 0 Å². The van der Waals surface area contributed by atoms with E-state index in [0.717, 1.165) is 24.0 Å². The van der Waals surface area contributed by atoms with Crippen molar-refractivity contribution in [2.45, 2.75) is 37.4 Å². The van der Waals surface area contributed by atoms with Crippen molar-refractivity contribution in [3.05, 3.63) is 35.9 Å². The monoisotopic (exact) mass is 275 g/mol. The molecule has 1 nitrogen and oxygen atoms in total. The Balaban J connectivity index is 1.58. The minimum Gasteiger partial charge on any atom is -0.362 e. The summed E-state index contributed by atoms with van der Waals surface area (Å²) < 4.78 is 14.7. The zero-order valence-corrected chi connectivity index (χ0v) is 12.5. The Labute approximate surface area is 121 Å². The Bertz CT molecular complexity index is 517. The van der Waals surface area contributed by atoms with Gasteiger partial charge in [-0.1, -0.05) is 44.2 Å². The summed E-state index contributed by atoms with van der Waals surface area (Å²) in [6.45, 7) is 5.61. The third-order valence-corrected chi connectivity index (χ3v) is 7.14. The van der Waals surface area contributed by atoms with Crippen LogP contribution in [0.15, 0.2) is 30.3 Å². The average molecular weight is 275 g/mol. The van der Waals surface area contributed by atoms with Gasteiger partial charge in [0.15, 0.2) is 0 Å². The maximum Gasteiger partial charge on any atom is 0.128 e. The Morgan fingerprint density at radius 3 is 2.79 bits per heavy atom. The van der Waals surface area contributed by atoms with Gasteiger partial charge >= 0.3 is 0 Å². The first-order chi connectivity index (χ1) is 9.51. The first-order valence-electron chi connectivity index (χ1n) is 7.88. The number of thioether (sulfide) groups is 1. The van der Waals surface area contributed by atoms with Crippen LogP contribution in [-0.4, -0.2) is 11.9 Å². The molecule has 4 aliphatic rings. The van der Waals surface area contributed by atoms with Crippen LogP contribution in [0.3, 0.4) is 0 Å². The van der Waals surface area contributed by atoms with Crippen molar-refractivity contribution in [3.63, 3.8) is 0 Å². The van der Waals surface area contributed by atoms with Gasteiger partial charge < -0.3 is 4.74 Å². The summed E-state index contributed by atoms with van der Waals surface area (Å²) in [5, 5.41) is 0.609. The average Bonchev–Trinajstić information content (AvgIpc) is 2.47. The predicted molar refractivity (Wildman–Crippen MR) is 80.0 cm³/mol. The van der Waals surface area contributed by atoms with E-state index in [1.165, 1.54) is 12.8 Å². The lowest BCUT2D eigenvalue weighted by Crippen LogP contribution is -2.58. The predicted octanol–water partition coefficient (Wildman–Crippen LogP) is 4.50. The third kappa shape index (κ3) is 1.80. The molecular weight excluding hydrogens is 252 g/mol. The molecule has 19 heavy (non-hydrogen) atoms. The van der Waals surface area contributed by atoms with Crippen LogP contribution in [0.5, 0.6) is 0 Å². The summed E-state index contributed by atoms with van der Waals surface area (Å²) in [5.41, 5.74) is 0.595. The van der Waals surface area contributed by atoms with E-state index in [1.54, 1.807) is 11.8 Å². The van der Waals surface area contributed by atoms with Gasteiger partial charge in [-0.05, 0) is 41.6 Å². The van der Waals surface area contributed by atoms with Crippen molar-refractivity contribution in [1.82, 2.24) is 0 Å². The molecule has 1 aromatic carbocycles. The lowest BCUT2D eigenvalue weighted by Gasteiger charge is -2.63. The van der Waals surface area contributed by atoms with Crippen LogP contribution in [-0.2, 0) is 4.74 Å². The first-order valence-corrected chi connectivity index (χ1v) is 8.26. The highest BCUT2D eigenvalue weighted by atomic mass is 32.2. The molecule has 2 bridgehead atoms. The summed E-state index contributed by atoms with van der Waals surface area (Å²) in [7, 11) is 0. The van der Waals surface area contributed by atoms with Gasteiger partial charge in [-0.2, -0.15) is 0 Å². The van der Waals surface area contributed by atoms with Crippen LogP contribution in [0, 0.1) is 23.2 Å². The van der Waals surface area contributed by atoms with E-state index in [4.69, 9.17) is 6.11 Å². The Morgan fingerprint density at radius 2 is 2.05 bits per heavy atom. The van der Waals surface area contributed by atoms with Gasteiger partial charge in [0, 0.05) is 5.25 Å². The number of benzene rings is 1. The van der Waals surface area contributed by atoms with Crippen LogP contribution in [0.4, 0.5) is 0 Å². The molecule has 3 saturated carbocycles. The summed E-state index contributed by atoms with van der Waals surface area (Å²) in [6, 6.07) is 10.1. The van der Waals surface area contributed by atoms with Gasteiger partial charge in [-0.15, -0.1) is 11.8 Å². The molecule has 3 aliphatic carbocycles. The van der Waals surface area contributed by atoms with Crippen molar-refractivity contribution in [2.75, 3.05) is 6.61 Å². The topological polar surface area (TPSA) is 9.23 Å². The second-order valence-electron chi connectivity index (χ2n) is 6.88. The molecule has 0 amide bonds. The van der Waals surface area contributed by atoms with E-state index in [1.807, 2.05) is 30.3 Å². The summed E-state index contributed by atoms with van der Waals surface area (Å²) >= 11 is 1.75. The van der Waals surface area contributed by atoms with Crippen molar-refractivity contribution < 1.29 is 6.11 Å². The van der Waals surface area contributed by atoms with Crippen molar-refractivity contribution in [1.29, 1.82) is 0 Å². The van der Waals surface area contributed by atoms with Gasteiger partial charge in [-0.3, -0.25) is 0 Å². The zero-order chi connectivity index (χ0) is 14.0. The van der Waals surface area contributed by atoms with Crippen molar-refractivity contribution in [2.24, 2.45) is 23.2 Å². The summed E-state index contributed by atoms with van der Waals surface area (Å²) in [6.07, 6.45) is 2.66. The summed E-state index contributed by atoms with van der Waals surface area (Å²) in [5.74, 6) is 2.32. The molecule has 1 aromatic rings. The maximum absolute atomic E-state index is 8.70. The highest BCUT2D eigenvalue weighted by Gasteiger charge is 2.59. The van der Waals surface area contributed by atoms with E-state index in [0.29, 0.717) is 16.6 Å². The highest BCUT2D eigenvalue weighted by molar-refractivity contribution is 8.00. The molecular formula is C17H22OS. The van der Waals surface area contributed by atoms with Gasteiger partial charge in [0.1, 0.15) is 5.41 Å². The van der Waals surface area contributed by atoms with Gasteiger partial charge in [0.05, 0.1) is 7.98 Å². The summed E-state index contributed by atoms with van der Waals surface area (Å²) in [4.78, 5) is 0. The van der Waals surface area contributed by atoms with E-state index >= 15 is 0 Å². The normalized spacial score (nSPS) is 47.8. The second-order valence-corrected chi connectivity index (χ2v) is 8.09. The molecule has 2 heteroatoms. The van der Waals surface area contributed by atoms with E-state index in [9.17, 15) is 0 Å². The molecule has 1 aliphatic heterocycles. The molecule has 0 spiro atoms. The molecule has 102 valence electrons. The molecule has 0 unspecified atom stereocenters. The first kappa shape index (κ1) is 11.2. The van der Waals surface area contributed by atoms with E-state index < -0.39 is 5.41 Å². The minimum atomic E-state index is -0.893. The van der Waals surface area contributed by atoms with Crippen LogP contribution in [0.1, 0.15) is 39.0 Å². The van der Waals surface area contributed by atoms with Gasteiger partial charge in [0.25, 0.3) is 0 Å². The molecule has 0 N–H and O–H groups in total. The number of hydrogen-bond donors (Lipinski definition) is 0. The minimum absolute atomic E-state index is 0.500. The number of rotatable bonds is 1. The largest absolute Gasteiger partial charge is 0.362 e. The van der Waals surface area contributed by atoms with Crippen molar-refractivity contribution in [3.8, 4) is 0 Å². The Morgan fingerprint density at radius 1 is 1.26 bits per heavy atom. The third-order valence-electron chi connectivity index (χ3n) is 5.73. The lowest BCUT2D eigenvalue weighted by molar-refractivity contribution is -0.128. The molecule has 1 saturated heterocycles. The standard InChI is InChI=1S/C17H22OS/c1-17(2)12-8-14(17)13-10-18-16(19-15(13)9-12)11-6-4-3-5-7-11/h3-7,12-16H,8-10H2,1-2H3/t12-,13+,14+,15+,16+/m1/s1/i16D. The quantitative estimate of drug-likeness (QED) is 0.746. The Hall–Kier alpha value is -0.470. The number of hydrogen-bond acceptors (Lipinski definition) is 2. The smallest absolute Gasteiger partial charge is 0.128 e. The van der Waals surface area contributed by atoms with Crippen molar-refractivity contribution >= 4 is 11.8 Å². The van der Waals surface area contributed by atoms with Crippen LogP contribution >= 0.6 is 11.8 Å². The molecule has 4 fully saturated rings. The molecule has 5 atom stereocenters. The highest BCUT2D eigenvalue weighted by Crippen LogP contribution is 2.65. The lowest BCUT2D eigenvalue weighted by atomic mass is 9.45. The Kier molecular flexibility index (Phi) is 2.52. The SMILES string of the molecule is [2H][C@]1(c2ccccc2)OC[C@@H]2[C@H](C[C@H]3C[C@@H]2C3(C)C)S1. The molecule has 0 aromatic heterocycles. The zero-order valence-electron chi connectivity index (χ0n) is 12.6.